The van der Waals surface area contributed by atoms with Gasteiger partial charge in [-0.15, -0.1) is 0 Å². The molecule has 51 heavy (non-hydrogen) atoms. The Morgan fingerprint density at radius 2 is 1.14 bits per heavy atom. The van der Waals surface area contributed by atoms with Crippen LogP contribution in [0.2, 0.25) is 0 Å². The second-order valence-corrected chi connectivity index (χ2v) is 20.5. The maximum absolute atomic E-state index is 7.57. The maximum atomic E-state index is 7.57. The van der Waals surface area contributed by atoms with Crippen molar-refractivity contribution in [1.29, 1.82) is 0 Å². The van der Waals surface area contributed by atoms with Gasteiger partial charge < -0.3 is 17.9 Å². The van der Waals surface area contributed by atoms with Gasteiger partial charge in [0.1, 0.15) is 25.5 Å². The van der Waals surface area contributed by atoms with Crippen molar-refractivity contribution in [2.24, 2.45) is 0 Å². The molecule has 0 bridgehead atoms. The quantitative estimate of drug-likeness (QED) is 0.168. The average Bonchev–Trinajstić information content (AvgIpc) is 3.82. The lowest BCUT2D eigenvalue weighted by Gasteiger charge is -2.40. The summed E-state index contributed by atoms with van der Waals surface area (Å²) in [6.45, 7) is 18.7. The average molecular weight is 712 g/mol. The molecule has 6 heterocycles. The monoisotopic (exact) mass is 711 g/mol. The minimum atomic E-state index is -1.30. The third-order valence-corrected chi connectivity index (χ3v) is 15.3. The molecule has 3 aliphatic heterocycles. The summed E-state index contributed by atoms with van der Waals surface area (Å²) in [5.74, 6) is 2.89. The highest BCUT2D eigenvalue weighted by Gasteiger charge is 2.43. The Hall–Kier alpha value is -4.04. The molecular formula is C44H47N3O2P2. The van der Waals surface area contributed by atoms with E-state index in [0.29, 0.717) is 0 Å². The summed E-state index contributed by atoms with van der Waals surface area (Å²) in [4.78, 5) is 0. The van der Waals surface area contributed by atoms with Gasteiger partial charge in [-0.25, -0.2) is 0 Å². The summed E-state index contributed by atoms with van der Waals surface area (Å²) in [6.07, 6.45) is 9.64. The van der Waals surface area contributed by atoms with Crippen LogP contribution in [0.15, 0.2) is 104 Å². The maximum Gasteiger partial charge on any atom is 0.233 e. The highest BCUT2D eigenvalue weighted by Crippen LogP contribution is 2.57. The lowest BCUT2D eigenvalue weighted by molar-refractivity contribution is 0.421. The van der Waals surface area contributed by atoms with Crippen LogP contribution in [0, 0.1) is 0 Å². The zero-order valence-electron chi connectivity index (χ0n) is 31.0. The molecule has 0 saturated carbocycles. The number of para-hydroxylation sites is 1. The Balaban J connectivity index is 1.33. The van der Waals surface area contributed by atoms with E-state index >= 15 is 0 Å². The molecule has 7 heteroatoms. The van der Waals surface area contributed by atoms with E-state index in [-0.39, 0.29) is 16.2 Å². The highest BCUT2D eigenvalue weighted by atomic mass is 31.2. The second kappa shape index (κ2) is 11.5. The summed E-state index contributed by atoms with van der Waals surface area (Å²) in [5, 5.41) is 2.39. The van der Waals surface area contributed by atoms with Crippen LogP contribution in [0.25, 0.3) is 0 Å². The number of aromatic nitrogens is 3. The van der Waals surface area contributed by atoms with E-state index in [1.165, 1.54) is 50.2 Å². The Morgan fingerprint density at radius 1 is 0.608 bits per heavy atom. The van der Waals surface area contributed by atoms with Gasteiger partial charge in [0.15, 0.2) is 0 Å². The van der Waals surface area contributed by atoms with Crippen molar-refractivity contribution in [3.63, 3.8) is 0 Å². The number of hydrogen-bond donors (Lipinski definition) is 0. The molecule has 0 fully saturated rings. The highest BCUT2D eigenvalue weighted by molar-refractivity contribution is 7.63. The lowest BCUT2D eigenvalue weighted by Crippen LogP contribution is -2.33. The van der Waals surface area contributed by atoms with Crippen molar-refractivity contribution in [2.45, 2.75) is 90.9 Å². The zero-order valence-corrected chi connectivity index (χ0v) is 32.8. The minimum Gasteiger partial charge on any atom is -0.455 e. The van der Waals surface area contributed by atoms with Crippen molar-refractivity contribution in [3.8, 4) is 17.2 Å². The van der Waals surface area contributed by atoms with Crippen LogP contribution in [0.5, 0.6) is 17.2 Å². The summed E-state index contributed by atoms with van der Waals surface area (Å²) < 4.78 is 22.2. The van der Waals surface area contributed by atoms with E-state index < -0.39 is 16.5 Å². The molecule has 3 aromatic carbocycles. The van der Waals surface area contributed by atoms with Crippen molar-refractivity contribution in [3.05, 3.63) is 148 Å². The molecule has 5 nitrogen and oxygen atoms in total. The van der Waals surface area contributed by atoms with Gasteiger partial charge in [-0.05, 0) is 89.4 Å². The van der Waals surface area contributed by atoms with E-state index in [4.69, 9.17) is 9.26 Å². The van der Waals surface area contributed by atoms with Crippen molar-refractivity contribution < 1.29 is 9.26 Å². The Bertz CT molecular complexity index is 2280. The van der Waals surface area contributed by atoms with Crippen LogP contribution in [0.1, 0.15) is 100 Å². The number of nitrogens with zero attached hydrogens (tertiary/aromatic N) is 3. The van der Waals surface area contributed by atoms with E-state index in [1.807, 2.05) is 0 Å². The van der Waals surface area contributed by atoms with Gasteiger partial charge in [0.25, 0.3) is 0 Å². The van der Waals surface area contributed by atoms with E-state index in [2.05, 4.69) is 172 Å². The fourth-order valence-electron chi connectivity index (χ4n) is 7.91. The molecule has 0 aliphatic carbocycles. The topological polar surface area (TPSA) is 33.2 Å². The Morgan fingerprint density at radius 3 is 1.75 bits per heavy atom. The van der Waals surface area contributed by atoms with E-state index in [1.54, 1.807) is 0 Å². The lowest BCUT2D eigenvalue weighted by atomic mass is 9.72. The van der Waals surface area contributed by atoms with Crippen molar-refractivity contribution in [2.75, 3.05) is 0 Å². The van der Waals surface area contributed by atoms with E-state index in [9.17, 15) is 0 Å². The van der Waals surface area contributed by atoms with Gasteiger partial charge >= 0.3 is 0 Å². The molecule has 3 aliphatic rings. The predicted octanol–water partition coefficient (Wildman–Crippen LogP) is 10.7. The first-order valence-corrected chi connectivity index (χ1v) is 20.7. The fourth-order valence-corrected chi connectivity index (χ4v) is 12.3. The van der Waals surface area contributed by atoms with Crippen LogP contribution in [0.4, 0.5) is 0 Å². The molecule has 6 aromatic rings. The second-order valence-electron chi connectivity index (χ2n) is 16.9. The van der Waals surface area contributed by atoms with Crippen LogP contribution >= 0.6 is 16.5 Å². The van der Waals surface area contributed by atoms with Gasteiger partial charge in [0, 0.05) is 64.2 Å². The first kappa shape index (κ1) is 32.8. The molecule has 1 atom stereocenters. The standard InChI is InChI=1S/C44H47N3O2P2/c1-42(2,3)30-25-35-40(38(27-30)50-45-21-11-15-32(45)19-20-33-16-12-22-46(33)50)48-41-36(44(35,7)8)26-31(43(4,5)6)28-39(41)51-47-23-13-17-34(47)24-29-14-9-10-18-37(29)49-51/h9-18,21-23,25-28H,19-20,24H2,1-8H3. The van der Waals surface area contributed by atoms with E-state index in [0.717, 1.165) is 41.8 Å². The first-order chi connectivity index (χ1) is 24.3. The number of ether oxygens (including phenoxy) is 1. The van der Waals surface area contributed by atoms with Crippen LogP contribution in [-0.4, -0.2) is 13.0 Å². The largest absolute Gasteiger partial charge is 0.455 e. The smallest absolute Gasteiger partial charge is 0.233 e. The van der Waals surface area contributed by atoms with Crippen molar-refractivity contribution >= 4 is 27.1 Å². The van der Waals surface area contributed by atoms with Gasteiger partial charge in [0.2, 0.25) is 8.30 Å². The molecule has 0 radical (unpaired) electrons. The molecule has 9 rings (SSSR count). The number of hydrogen-bond acceptors (Lipinski definition) is 2. The number of aryl methyl sites for hydroxylation is 2. The normalized spacial score (nSPS) is 17.8. The van der Waals surface area contributed by atoms with Gasteiger partial charge in [-0.3, -0.25) is 4.34 Å². The SMILES string of the molecule is CC(C)(C)c1cc(P2Oc3ccccc3Cc3cccn32)c2c(c1)C(C)(C)c1cc(C(C)(C)C)cc(P3n4cccc4CCc4cccn43)c1O2. The Labute approximate surface area is 305 Å². The molecule has 0 N–H and O–H groups in total. The minimum absolute atomic E-state index is 0.0472. The third kappa shape index (κ3) is 5.26. The first-order valence-electron chi connectivity index (χ1n) is 18.2. The summed E-state index contributed by atoms with van der Waals surface area (Å²) in [5.41, 5.74) is 9.88. The molecule has 0 amide bonds. The van der Waals surface area contributed by atoms with Crippen LogP contribution in [0.3, 0.4) is 0 Å². The summed E-state index contributed by atoms with van der Waals surface area (Å²) >= 11 is 0. The van der Waals surface area contributed by atoms with Gasteiger partial charge in [0.05, 0.1) is 10.6 Å². The number of benzene rings is 3. The third-order valence-electron chi connectivity index (χ3n) is 11.0. The van der Waals surface area contributed by atoms with Crippen molar-refractivity contribution in [1.82, 2.24) is 13.0 Å². The molecular weight excluding hydrogens is 664 g/mol. The summed E-state index contributed by atoms with van der Waals surface area (Å²) in [6, 6.07) is 31.7. The Kier molecular flexibility index (Phi) is 7.39. The molecule has 0 spiro atoms. The van der Waals surface area contributed by atoms with Crippen LogP contribution in [-0.2, 0) is 35.5 Å². The molecule has 3 aromatic heterocycles. The predicted molar refractivity (Wildman–Crippen MR) is 212 cm³/mol. The molecule has 1 unspecified atom stereocenters. The summed E-state index contributed by atoms with van der Waals surface area (Å²) in [7, 11) is -2.31. The number of fused-ring (bicyclic) bond motifs is 6. The molecule has 0 saturated heterocycles. The fraction of sp³-hybridized carbons (Fsp3) is 0.318. The zero-order chi connectivity index (χ0) is 35.4. The van der Waals surface area contributed by atoms with Gasteiger partial charge in [-0.2, -0.15) is 0 Å². The number of rotatable bonds is 2. The van der Waals surface area contributed by atoms with Gasteiger partial charge in [-0.1, -0.05) is 85.7 Å². The van der Waals surface area contributed by atoms with Crippen LogP contribution < -0.4 is 19.9 Å². The molecule has 260 valence electrons.